The zero-order valence-corrected chi connectivity index (χ0v) is 13.1. The Morgan fingerprint density at radius 2 is 1.84 bits per heavy atom. The molecule has 0 unspecified atom stereocenters. The monoisotopic (exact) mass is 407 g/mol. The van der Waals surface area contributed by atoms with Crippen LogP contribution < -0.4 is 5.32 Å². The molecule has 0 heterocycles. The van der Waals surface area contributed by atoms with E-state index in [0.717, 1.165) is 3.57 Å². The van der Waals surface area contributed by atoms with Gasteiger partial charge in [0.05, 0.1) is 21.3 Å². The van der Waals surface area contributed by atoms with E-state index < -0.39 is 5.91 Å². The molecular formula is C13H8Cl2INO2. The predicted octanol–water partition coefficient (Wildman–Crippen LogP) is 4.56. The summed E-state index contributed by atoms with van der Waals surface area (Å²) in [4.78, 5) is 12.1. The van der Waals surface area contributed by atoms with Gasteiger partial charge in [-0.05, 0) is 59.0 Å². The van der Waals surface area contributed by atoms with Crippen molar-refractivity contribution in [3.63, 3.8) is 0 Å². The van der Waals surface area contributed by atoms with Gasteiger partial charge in [0.2, 0.25) is 0 Å². The van der Waals surface area contributed by atoms with Crippen LogP contribution in [0.1, 0.15) is 10.4 Å². The minimum Gasteiger partial charge on any atom is -0.508 e. The first-order valence-corrected chi connectivity index (χ1v) is 7.06. The molecule has 19 heavy (non-hydrogen) atoms. The van der Waals surface area contributed by atoms with Crippen LogP contribution >= 0.6 is 45.8 Å². The van der Waals surface area contributed by atoms with Gasteiger partial charge in [-0.1, -0.05) is 23.2 Å². The molecule has 0 bridgehead atoms. The molecular weight excluding hydrogens is 400 g/mol. The Morgan fingerprint density at radius 1 is 1.11 bits per heavy atom. The molecule has 0 radical (unpaired) electrons. The van der Waals surface area contributed by atoms with Gasteiger partial charge in [0.15, 0.2) is 0 Å². The highest BCUT2D eigenvalue weighted by Crippen LogP contribution is 2.26. The molecule has 1 amide bonds. The molecule has 0 saturated carbocycles. The van der Waals surface area contributed by atoms with Gasteiger partial charge < -0.3 is 10.4 Å². The number of amides is 1. The molecule has 0 atom stereocenters. The van der Waals surface area contributed by atoms with E-state index in [2.05, 4.69) is 27.9 Å². The summed E-state index contributed by atoms with van der Waals surface area (Å²) in [5.41, 5.74) is 0.683. The highest BCUT2D eigenvalue weighted by atomic mass is 127. The second-order valence-electron chi connectivity index (χ2n) is 3.74. The van der Waals surface area contributed by atoms with E-state index >= 15 is 0 Å². The van der Waals surface area contributed by atoms with E-state index in [1.54, 1.807) is 12.1 Å². The number of phenolic OH excluding ortho intramolecular Hbond substituents is 1. The van der Waals surface area contributed by atoms with Crippen molar-refractivity contribution >= 4 is 57.4 Å². The average molecular weight is 408 g/mol. The first-order chi connectivity index (χ1) is 8.97. The lowest BCUT2D eigenvalue weighted by atomic mass is 10.2. The Labute approximate surface area is 133 Å². The standard InChI is InChI=1S/C13H8Cl2INO2/c14-10-3-2-8(18)6-9(10)13(19)17-12-4-1-7(16)5-11(12)15/h1-6,18H,(H,17,19). The summed E-state index contributed by atoms with van der Waals surface area (Å²) in [6.07, 6.45) is 0. The lowest BCUT2D eigenvalue weighted by Crippen LogP contribution is -2.12. The molecule has 0 spiro atoms. The summed E-state index contributed by atoms with van der Waals surface area (Å²) in [6.45, 7) is 0. The van der Waals surface area contributed by atoms with Crippen LogP contribution in [0.2, 0.25) is 10.0 Å². The quantitative estimate of drug-likeness (QED) is 0.717. The van der Waals surface area contributed by atoms with Gasteiger partial charge >= 0.3 is 0 Å². The van der Waals surface area contributed by atoms with Crippen molar-refractivity contribution in [2.24, 2.45) is 0 Å². The van der Waals surface area contributed by atoms with Crippen LogP contribution in [0.15, 0.2) is 36.4 Å². The van der Waals surface area contributed by atoms with Gasteiger partial charge in [-0.2, -0.15) is 0 Å². The lowest BCUT2D eigenvalue weighted by Gasteiger charge is -2.09. The minimum atomic E-state index is -0.427. The summed E-state index contributed by atoms with van der Waals surface area (Å²) in [5, 5.41) is 12.7. The van der Waals surface area contributed by atoms with Gasteiger partial charge in [-0.15, -0.1) is 0 Å². The van der Waals surface area contributed by atoms with Crippen molar-refractivity contribution in [1.29, 1.82) is 0 Å². The highest BCUT2D eigenvalue weighted by molar-refractivity contribution is 14.1. The fourth-order valence-corrected chi connectivity index (χ4v) is 2.57. The third kappa shape index (κ3) is 3.52. The van der Waals surface area contributed by atoms with Crippen molar-refractivity contribution in [2.45, 2.75) is 0 Å². The van der Waals surface area contributed by atoms with Crippen LogP contribution in [-0.4, -0.2) is 11.0 Å². The largest absolute Gasteiger partial charge is 0.508 e. The maximum atomic E-state index is 12.1. The molecule has 2 N–H and O–H groups in total. The summed E-state index contributed by atoms with van der Waals surface area (Å²) < 4.78 is 0.969. The third-order valence-electron chi connectivity index (χ3n) is 2.37. The number of anilines is 1. The van der Waals surface area contributed by atoms with Crippen LogP contribution in [0.4, 0.5) is 5.69 Å². The Hall–Kier alpha value is -0.980. The second-order valence-corrected chi connectivity index (χ2v) is 5.80. The molecule has 0 saturated heterocycles. The van der Waals surface area contributed by atoms with Crippen molar-refractivity contribution in [3.8, 4) is 5.75 Å². The summed E-state index contributed by atoms with van der Waals surface area (Å²) >= 11 is 14.1. The first kappa shape index (κ1) is 14.4. The van der Waals surface area contributed by atoms with E-state index in [4.69, 9.17) is 23.2 Å². The number of halogens is 3. The van der Waals surface area contributed by atoms with Crippen LogP contribution in [0, 0.1) is 3.57 Å². The predicted molar refractivity (Wildman–Crippen MR) is 85.2 cm³/mol. The molecule has 3 nitrogen and oxygen atoms in total. The average Bonchev–Trinajstić information content (AvgIpc) is 2.35. The van der Waals surface area contributed by atoms with Gasteiger partial charge in [0.25, 0.3) is 5.91 Å². The molecule has 98 valence electrons. The number of hydrogen-bond acceptors (Lipinski definition) is 2. The first-order valence-electron chi connectivity index (χ1n) is 5.22. The number of rotatable bonds is 2. The molecule has 2 aromatic carbocycles. The van der Waals surface area contributed by atoms with Crippen molar-refractivity contribution in [2.75, 3.05) is 5.32 Å². The van der Waals surface area contributed by atoms with E-state index in [1.165, 1.54) is 18.2 Å². The molecule has 2 aromatic rings. The van der Waals surface area contributed by atoms with Crippen LogP contribution in [-0.2, 0) is 0 Å². The Morgan fingerprint density at radius 3 is 2.53 bits per heavy atom. The molecule has 0 aliphatic heterocycles. The molecule has 2 rings (SSSR count). The zero-order valence-electron chi connectivity index (χ0n) is 9.45. The topological polar surface area (TPSA) is 49.3 Å². The molecule has 0 aliphatic rings. The highest BCUT2D eigenvalue weighted by Gasteiger charge is 2.13. The zero-order chi connectivity index (χ0) is 14.0. The van der Waals surface area contributed by atoms with E-state index in [-0.39, 0.29) is 16.3 Å². The van der Waals surface area contributed by atoms with Gasteiger partial charge in [0.1, 0.15) is 5.75 Å². The molecule has 0 fully saturated rings. The number of benzene rings is 2. The van der Waals surface area contributed by atoms with Crippen LogP contribution in [0.5, 0.6) is 5.75 Å². The van der Waals surface area contributed by atoms with Crippen LogP contribution in [0.3, 0.4) is 0 Å². The van der Waals surface area contributed by atoms with Crippen molar-refractivity contribution < 1.29 is 9.90 Å². The van der Waals surface area contributed by atoms with Crippen molar-refractivity contribution in [1.82, 2.24) is 0 Å². The normalized spacial score (nSPS) is 10.3. The second kappa shape index (κ2) is 5.98. The lowest BCUT2D eigenvalue weighted by molar-refractivity contribution is 0.102. The fraction of sp³-hybridized carbons (Fsp3) is 0. The summed E-state index contributed by atoms with van der Waals surface area (Å²) in [6, 6.07) is 9.45. The number of nitrogens with one attached hydrogen (secondary N) is 1. The minimum absolute atomic E-state index is 0.0248. The molecule has 0 aromatic heterocycles. The molecule has 0 aliphatic carbocycles. The van der Waals surface area contributed by atoms with Crippen LogP contribution in [0.25, 0.3) is 0 Å². The summed E-state index contributed by atoms with van der Waals surface area (Å²) in [7, 11) is 0. The Bertz CT molecular complexity index is 647. The van der Waals surface area contributed by atoms with Gasteiger partial charge in [-0.3, -0.25) is 4.79 Å². The number of aromatic hydroxyl groups is 1. The number of hydrogen-bond donors (Lipinski definition) is 2. The van der Waals surface area contributed by atoms with Gasteiger partial charge in [0, 0.05) is 3.57 Å². The fourth-order valence-electron chi connectivity index (χ4n) is 1.47. The van der Waals surface area contributed by atoms with E-state index in [9.17, 15) is 9.90 Å². The molecule has 6 heteroatoms. The smallest absolute Gasteiger partial charge is 0.257 e. The SMILES string of the molecule is O=C(Nc1ccc(I)cc1Cl)c1cc(O)ccc1Cl. The van der Waals surface area contributed by atoms with Crippen molar-refractivity contribution in [3.05, 3.63) is 55.6 Å². The third-order valence-corrected chi connectivity index (χ3v) is 3.69. The number of carbonyl (C=O) groups is 1. The number of phenols is 1. The van der Waals surface area contributed by atoms with Gasteiger partial charge in [-0.25, -0.2) is 0 Å². The van der Waals surface area contributed by atoms with E-state index in [0.29, 0.717) is 10.7 Å². The number of carbonyl (C=O) groups excluding carboxylic acids is 1. The Balaban J connectivity index is 2.28. The van der Waals surface area contributed by atoms with E-state index in [1.807, 2.05) is 6.07 Å². The maximum Gasteiger partial charge on any atom is 0.257 e. The summed E-state index contributed by atoms with van der Waals surface area (Å²) in [5.74, 6) is -0.452. The Kier molecular flexibility index (Phi) is 4.54. The maximum absolute atomic E-state index is 12.1.